The van der Waals surface area contributed by atoms with Crippen LogP contribution in [0.15, 0.2) is 11.0 Å². The van der Waals surface area contributed by atoms with Gasteiger partial charge in [-0.25, -0.2) is 4.98 Å². The molecule has 1 aromatic rings. The van der Waals surface area contributed by atoms with Crippen LogP contribution in [-0.2, 0) is 0 Å². The molecule has 1 aromatic heterocycles. The van der Waals surface area contributed by atoms with Gasteiger partial charge in [-0.2, -0.15) is 0 Å². The van der Waals surface area contributed by atoms with E-state index in [1.54, 1.807) is 6.20 Å². The molecule has 0 amide bonds. The van der Waals surface area contributed by atoms with Gasteiger partial charge in [0, 0.05) is 24.2 Å². The number of nitrogens with one attached hydrogen (secondary N) is 1. The van der Waals surface area contributed by atoms with Gasteiger partial charge in [-0.3, -0.25) is 9.78 Å². The first-order valence-corrected chi connectivity index (χ1v) is 5.55. The lowest BCUT2D eigenvalue weighted by molar-refractivity contribution is 0.353. The van der Waals surface area contributed by atoms with E-state index in [1.807, 2.05) is 0 Å². The summed E-state index contributed by atoms with van der Waals surface area (Å²) in [6.45, 7) is 5.17. The number of likely N-dealkylation sites (N-methyl/N-ethyl adjacent to an activating group) is 1. The molecule has 4 nitrogen and oxygen atoms in total. The smallest absolute Gasteiger partial charge is 0.255 e. The Morgan fingerprint density at radius 2 is 2.53 bits per heavy atom. The SMILES string of the molecule is CCN1CCC(c2cnc(Cl)[nH]c2=O)C1. The van der Waals surface area contributed by atoms with Gasteiger partial charge in [0.2, 0.25) is 5.28 Å². The van der Waals surface area contributed by atoms with Gasteiger partial charge in [0.05, 0.1) is 0 Å². The molecule has 1 saturated heterocycles. The maximum atomic E-state index is 11.6. The number of rotatable bonds is 2. The van der Waals surface area contributed by atoms with E-state index in [4.69, 9.17) is 11.6 Å². The molecule has 0 aliphatic carbocycles. The second-order valence-electron chi connectivity index (χ2n) is 3.84. The normalized spacial score (nSPS) is 22.1. The van der Waals surface area contributed by atoms with Gasteiger partial charge in [-0.05, 0) is 31.1 Å². The number of hydrogen-bond acceptors (Lipinski definition) is 3. The van der Waals surface area contributed by atoms with E-state index < -0.39 is 0 Å². The average Bonchev–Trinajstić information content (AvgIpc) is 2.66. The summed E-state index contributed by atoms with van der Waals surface area (Å²) in [5.74, 6) is 0.304. The number of aromatic amines is 1. The number of hydrogen-bond donors (Lipinski definition) is 1. The van der Waals surface area contributed by atoms with Gasteiger partial charge in [-0.15, -0.1) is 0 Å². The summed E-state index contributed by atoms with van der Waals surface area (Å²) in [5.41, 5.74) is 0.660. The predicted octanol–water partition coefficient (Wildman–Crippen LogP) is 1.23. The molecule has 0 aromatic carbocycles. The fraction of sp³-hybridized carbons (Fsp3) is 0.600. The largest absolute Gasteiger partial charge is 0.303 e. The van der Waals surface area contributed by atoms with Crippen LogP contribution in [0.2, 0.25) is 5.28 Å². The molecule has 0 spiro atoms. The summed E-state index contributed by atoms with van der Waals surface area (Å²) < 4.78 is 0. The molecule has 1 aliphatic heterocycles. The zero-order valence-electron chi connectivity index (χ0n) is 8.66. The van der Waals surface area contributed by atoms with Crippen LogP contribution in [0, 0.1) is 0 Å². The Labute approximate surface area is 93.3 Å². The van der Waals surface area contributed by atoms with Crippen LogP contribution in [0.25, 0.3) is 0 Å². The molecule has 2 heterocycles. The Morgan fingerprint density at radius 1 is 1.73 bits per heavy atom. The zero-order chi connectivity index (χ0) is 10.8. The molecule has 0 bridgehead atoms. The first-order valence-electron chi connectivity index (χ1n) is 5.17. The minimum atomic E-state index is -0.0991. The first-order chi connectivity index (χ1) is 7.20. The van der Waals surface area contributed by atoms with E-state index in [1.165, 1.54) is 0 Å². The second-order valence-corrected chi connectivity index (χ2v) is 4.20. The summed E-state index contributed by atoms with van der Waals surface area (Å²) in [5, 5.41) is 0.161. The number of H-pyrrole nitrogens is 1. The van der Waals surface area contributed by atoms with Crippen LogP contribution >= 0.6 is 11.6 Å². The van der Waals surface area contributed by atoms with Crippen LogP contribution in [0.3, 0.4) is 0 Å². The predicted molar refractivity (Wildman–Crippen MR) is 59.3 cm³/mol. The van der Waals surface area contributed by atoms with Crippen molar-refractivity contribution in [1.29, 1.82) is 0 Å². The van der Waals surface area contributed by atoms with Gasteiger partial charge in [0.15, 0.2) is 0 Å². The lowest BCUT2D eigenvalue weighted by Crippen LogP contribution is -2.22. The van der Waals surface area contributed by atoms with Crippen LogP contribution < -0.4 is 5.56 Å². The molecule has 1 N–H and O–H groups in total. The minimum absolute atomic E-state index is 0.0991. The third-order valence-corrected chi connectivity index (χ3v) is 3.15. The summed E-state index contributed by atoms with van der Waals surface area (Å²) >= 11 is 5.60. The van der Waals surface area contributed by atoms with Gasteiger partial charge in [0.1, 0.15) is 0 Å². The fourth-order valence-corrected chi connectivity index (χ4v) is 2.18. The van der Waals surface area contributed by atoms with Crippen molar-refractivity contribution in [3.05, 3.63) is 27.4 Å². The standard InChI is InChI=1S/C10H14ClN3O/c1-2-14-4-3-7(6-14)8-5-12-10(11)13-9(8)15/h5,7H,2-4,6H2,1H3,(H,12,13,15). The highest BCUT2D eigenvalue weighted by Crippen LogP contribution is 2.24. The van der Waals surface area contributed by atoms with Crippen molar-refractivity contribution in [1.82, 2.24) is 14.9 Å². The highest BCUT2D eigenvalue weighted by molar-refractivity contribution is 6.28. The van der Waals surface area contributed by atoms with Crippen LogP contribution in [0.5, 0.6) is 0 Å². The van der Waals surface area contributed by atoms with E-state index in [9.17, 15) is 4.79 Å². The third kappa shape index (κ3) is 2.21. The molecule has 5 heteroatoms. The zero-order valence-corrected chi connectivity index (χ0v) is 9.42. The Balaban J connectivity index is 2.20. The molecule has 2 rings (SSSR count). The molecule has 82 valence electrons. The number of aromatic nitrogens is 2. The molecule has 1 atom stereocenters. The van der Waals surface area contributed by atoms with Gasteiger partial charge in [0.25, 0.3) is 5.56 Å². The van der Waals surface area contributed by atoms with Crippen molar-refractivity contribution in [2.75, 3.05) is 19.6 Å². The molecule has 1 unspecified atom stereocenters. The molecule has 0 saturated carbocycles. The maximum absolute atomic E-state index is 11.6. The summed E-state index contributed by atoms with van der Waals surface area (Å²) in [6, 6.07) is 0. The Morgan fingerprint density at radius 3 is 3.13 bits per heavy atom. The van der Waals surface area contributed by atoms with Gasteiger partial charge in [-0.1, -0.05) is 6.92 Å². The number of likely N-dealkylation sites (tertiary alicyclic amines) is 1. The van der Waals surface area contributed by atoms with Crippen LogP contribution in [0.4, 0.5) is 0 Å². The van der Waals surface area contributed by atoms with E-state index >= 15 is 0 Å². The van der Waals surface area contributed by atoms with Crippen molar-refractivity contribution in [3.63, 3.8) is 0 Å². The first kappa shape index (κ1) is 10.6. The Kier molecular flexibility index (Phi) is 3.07. The van der Waals surface area contributed by atoms with Crippen molar-refractivity contribution >= 4 is 11.6 Å². The molecule has 1 aliphatic rings. The van der Waals surface area contributed by atoms with Crippen molar-refractivity contribution in [3.8, 4) is 0 Å². The van der Waals surface area contributed by atoms with E-state index in [0.29, 0.717) is 5.92 Å². The van der Waals surface area contributed by atoms with E-state index in [0.717, 1.165) is 31.6 Å². The van der Waals surface area contributed by atoms with Crippen LogP contribution in [0.1, 0.15) is 24.8 Å². The second kappa shape index (κ2) is 4.33. The minimum Gasteiger partial charge on any atom is -0.303 e. The van der Waals surface area contributed by atoms with Gasteiger partial charge < -0.3 is 4.90 Å². The van der Waals surface area contributed by atoms with Crippen molar-refractivity contribution in [2.45, 2.75) is 19.3 Å². The van der Waals surface area contributed by atoms with Crippen molar-refractivity contribution < 1.29 is 0 Å². The van der Waals surface area contributed by atoms with E-state index in [-0.39, 0.29) is 10.8 Å². The molecule has 1 fully saturated rings. The summed E-state index contributed by atoms with van der Waals surface area (Å²) in [4.78, 5) is 20.4. The highest BCUT2D eigenvalue weighted by atomic mass is 35.5. The summed E-state index contributed by atoms with van der Waals surface area (Å²) in [7, 11) is 0. The Bertz CT molecular complexity index is 404. The number of halogens is 1. The maximum Gasteiger partial charge on any atom is 0.255 e. The van der Waals surface area contributed by atoms with Crippen molar-refractivity contribution in [2.24, 2.45) is 0 Å². The van der Waals surface area contributed by atoms with Crippen LogP contribution in [-0.4, -0.2) is 34.5 Å². The molecular formula is C10H14ClN3O. The highest BCUT2D eigenvalue weighted by Gasteiger charge is 2.24. The molecule has 0 radical (unpaired) electrons. The Hall–Kier alpha value is -0.870. The fourth-order valence-electron chi connectivity index (χ4n) is 2.05. The van der Waals surface area contributed by atoms with E-state index in [2.05, 4.69) is 21.8 Å². The van der Waals surface area contributed by atoms with Gasteiger partial charge >= 0.3 is 0 Å². The lowest BCUT2D eigenvalue weighted by Gasteiger charge is -2.12. The quantitative estimate of drug-likeness (QED) is 0.774. The molecular weight excluding hydrogens is 214 g/mol. The number of nitrogens with zero attached hydrogens (tertiary/aromatic N) is 2. The topological polar surface area (TPSA) is 49.0 Å². The monoisotopic (exact) mass is 227 g/mol. The molecule has 15 heavy (non-hydrogen) atoms. The lowest BCUT2D eigenvalue weighted by atomic mass is 10.0. The third-order valence-electron chi connectivity index (χ3n) is 2.96. The summed E-state index contributed by atoms with van der Waals surface area (Å²) in [6.07, 6.45) is 2.63. The average molecular weight is 228 g/mol.